The van der Waals surface area contributed by atoms with E-state index in [2.05, 4.69) is 16.8 Å². The zero-order chi connectivity index (χ0) is 24.0. The maximum absolute atomic E-state index is 13.2. The van der Waals surface area contributed by atoms with E-state index in [1.54, 1.807) is 18.3 Å². The van der Waals surface area contributed by atoms with Crippen molar-refractivity contribution in [2.24, 2.45) is 0 Å². The number of fused-ring (bicyclic) bond motifs is 2. The maximum Gasteiger partial charge on any atom is 0.261 e. The Balaban J connectivity index is 1.79. The lowest BCUT2D eigenvalue weighted by atomic mass is 9.97. The van der Waals surface area contributed by atoms with E-state index in [0.717, 1.165) is 34.8 Å². The first-order valence-electron chi connectivity index (χ1n) is 11.0. The normalized spacial score (nSPS) is 14.1. The van der Waals surface area contributed by atoms with E-state index in [1.165, 1.54) is 0 Å². The Morgan fingerprint density at radius 2 is 1.85 bits per heavy atom. The summed E-state index contributed by atoms with van der Waals surface area (Å²) in [7, 11) is 4.04. The Bertz CT molecular complexity index is 1510. The number of amides is 2. The van der Waals surface area contributed by atoms with Crippen LogP contribution < -0.4 is 5.32 Å². The van der Waals surface area contributed by atoms with E-state index in [-0.39, 0.29) is 0 Å². The van der Waals surface area contributed by atoms with E-state index >= 15 is 0 Å². The zero-order valence-corrected chi connectivity index (χ0v) is 19.8. The summed E-state index contributed by atoms with van der Waals surface area (Å²) in [4.78, 5) is 28.5. The highest BCUT2D eigenvalue weighted by atomic mass is 35.5. The van der Waals surface area contributed by atoms with Crippen LogP contribution in [0.25, 0.3) is 39.2 Å². The van der Waals surface area contributed by atoms with Gasteiger partial charge in [-0.3, -0.25) is 19.6 Å². The fourth-order valence-corrected chi connectivity index (χ4v) is 4.73. The summed E-state index contributed by atoms with van der Waals surface area (Å²) in [5, 5.41) is 9.42. The molecule has 0 bridgehead atoms. The standard InChI is InChI=1S/C26H24ClN5O2/c1-4-31-15-19(18-14-16(27)10-11-21(18)31)22-23(26(34)28-25(22)33)24-17-8-5-6-9-20(17)29-32(24)13-7-12-30(2)3/h4-6,8-11,14-15H,1,7,12-13H2,2-3H3,(H,28,33,34). The molecule has 1 aliphatic heterocycles. The maximum atomic E-state index is 13.2. The fraction of sp³-hybridized carbons (Fsp3) is 0.192. The highest BCUT2D eigenvalue weighted by molar-refractivity contribution is 6.50. The summed E-state index contributed by atoms with van der Waals surface area (Å²) >= 11 is 6.30. The molecule has 1 aliphatic rings. The van der Waals surface area contributed by atoms with Gasteiger partial charge in [0.25, 0.3) is 11.8 Å². The Kier molecular flexibility index (Phi) is 5.59. The average Bonchev–Trinajstić information content (AvgIpc) is 3.43. The SMILES string of the molecule is C=Cn1cc(C2=C(c3c4ccccc4nn3CCCN(C)C)C(=O)NC2=O)c2cc(Cl)ccc21. The molecular formula is C26H24ClN5O2. The summed E-state index contributed by atoms with van der Waals surface area (Å²) in [6.07, 6.45) is 4.32. The van der Waals surface area contributed by atoms with Gasteiger partial charge < -0.3 is 9.47 Å². The molecule has 3 heterocycles. The molecule has 0 saturated carbocycles. The summed E-state index contributed by atoms with van der Waals surface area (Å²) in [5.41, 5.74) is 3.54. The number of nitrogens with zero attached hydrogens (tertiary/aromatic N) is 4. The topological polar surface area (TPSA) is 72.2 Å². The largest absolute Gasteiger partial charge is 0.323 e. The van der Waals surface area contributed by atoms with Crippen molar-refractivity contribution in [2.45, 2.75) is 13.0 Å². The lowest BCUT2D eigenvalue weighted by Crippen LogP contribution is -2.23. The first kappa shape index (κ1) is 22.1. The van der Waals surface area contributed by atoms with Gasteiger partial charge in [-0.25, -0.2) is 0 Å². The van der Waals surface area contributed by atoms with Crippen molar-refractivity contribution in [1.29, 1.82) is 0 Å². The number of aryl methyl sites for hydroxylation is 1. The van der Waals surface area contributed by atoms with Gasteiger partial charge in [0, 0.05) is 40.3 Å². The number of hydrogen-bond donors (Lipinski definition) is 1. The molecule has 0 unspecified atom stereocenters. The minimum absolute atomic E-state index is 0.317. The summed E-state index contributed by atoms with van der Waals surface area (Å²) < 4.78 is 3.68. The van der Waals surface area contributed by atoms with Gasteiger partial charge in [0.05, 0.1) is 27.9 Å². The van der Waals surface area contributed by atoms with Crippen molar-refractivity contribution in [3.8, 4) is 0 Å². The van der Waals surface area contributed by atoms with Crippen molar-refractivity contribution in [3.63, 3.8) is 0 Å². The smallest absolute Gasteiger partial charge is 0.261 e. The van der Waals surface area contributed by atoms with Crippen LogP contribution in [-0.2, 0) is 16.1 Å². The third-order valence-corrected chi connectivity index (χ3v) is 6.29. The molecule has 0 aliphatic carbocycles. The van der Waals surface area contributed by atoms with Gasteiger partial charge in [-0.2, -0.15) is 5.10 Å². The summed E-state index contributed by atoms with van der Waals surface area (Å²) in [6.45, 7) is 5.36. The van der Waals surface area contributed by atoms with Crippen molar-refractivity contribution >= 4 is 62.6 Å². The van der Waals surface area contributed by atoms with E-state index in [1.807, 2.05) is 59.9 Å². The van der Waals surface area contributed by atoms with Crippen LogP contribution in [0.4, 0.5) is 0 Å². The van der Waals surface area contributed by atoms with Crippen molar-refractivity contribution in [1.82, 2.24) is 24.6 Å². The Hall–Kier alpha value is -3.68. The molecule has 1 N–H and O–H groups in total. The van der Waals surface area contributed by atoms with Crippen LogP contribution in [0.3, 0.4) is 0 Å². The van der Waals surface area contributed by atoms with Crippen LogP contribution in [0.15, 0.2) is 55.2 Å². The number of nitrogens with one attached hydrogen (secondary N) is 1. The number of carbonyl (C=O) groups is 2. The predicted molar refractivity (Wildman–Crippen MR) is 136 cm³/mol. The highest BCUT2D eigenvalue weighted by Gasteiger charge is 2.36. The average molecular weight is 474 g/mol. The molecule has 8 heteroatoms. The molecule has 0 spiro atoms. The number of aromatic nitrogens is 3. The quantitative estimate of drug-likeness (QED) is 0.407. The predicted octanol–water partition coefficient (Wildman–Crippen LogP) is 4.26. The minimum Gasteiger partial charge on any atom is -0.323 e. The van der Waals surface area contributed by atoms with Gasteiger partial charge in [0.2, 0.25) is 0 Å². The van der Waals surface area contributed by atoms with Crippen LogP contribution in [-0.4, -0.2) is 51.7 Å². The second kappa shape index (κ2) is 8.59. The van der Waals surface area contributed by atoms with Gasteiger partial charge in [-0.05, 0) is 51.3 Å². The lowest BCUT2D eigenvalue weighted by Gasteiger charge is -2.12. The third kappa shape index (κ3) is 3.63. The second-order valence-electron chi connectivity index (χ2n) is 8.57. The first-order valence-corrected chi connectivity index (χ1v) is 11.4. The zero-order valence-electron chi connectivity index (χ0n) is 19.0. The molecule has 4 aromatic rings. The third-order valence-electron chi connectivity index (χ3n) is 6.05. The fourth-order valence-electron chi connectivity index (χ4n) is 4.56. The summed E-state index contributed by atoms with van der Waals surface area (Å²) in [5.74, 6) is -0.866. The van der Waals surface area contributed by atoms with E-state index in [0.29, 0.717) is 34.0 Å². The van der Waals surface area contributed by atoms with Crippen LogP contribution in [0.2, 0.25) is 5.02 Å². The number of halogens is 1. The molecule has 0 radical (unpaired) electrons. The van der Waals surface area contributed by atoms with Gasteiger partial charge in [-0.15, -0.1) is 0 Å². The molecule has 0 saturated heterocycles. The molecule has 0 fully saturated rings. The van der Waals surface area contributed by atoms with Gasteiger partial charge >= 0.3 is 0 Å². The molecular weight excluding hydrogens is 450 g/mol. The lowest BCUT2D eigenvalue weighted by molar-refractivity contribution is -0.122. The first-order chi connectivity index (χ1) is 16.4. The Labute approximate surface area is 201 Å². The number of imide groups is 1. The number of benzene rings is 2. The van der Waals surface area contributed by atoms with Crippen molar-refractivity contribution < 1.29 is 9.59 Å². The van der Waals surface area contributed by atoms with Gasteiger partial charge in [-0.1, -0.05) is 36.4 Å². The van der Waals surface area contributed by atoms with E-state index in [9.17, 15) is 9.59 Å². The van der Waals surface area contributed by atoms with Crippen LogP contribution in [0.1, 0.15) is 17.7 Å². The molecule has 34 heavy (non-hydrogen) atoms. The van der Waals surface area contributed by atoms with Crippen LogP contribution in [0.5, 0.6) is 0 Å². The Morgan fingerprint density at radius 3 is 2.62 bits per heavy atom. The Morgan fingerprint density at radius 1 is 1.09 bits per heavy atom. The van der Waals surface area contributed by atoms with Crippen LogP contribution in [0, 0.1) is 0 Å². The molecule has 2 aromatic carbocycles. The molecule has 5 rings (SSSR count). The molecule has 172 valence electrons. The number of carbonyl (C=O) groups excluding carboxylic acids is 2. The number of rotatable bonds is 7. The molecule has 0 atom stereocenters. The van der Waals surface area contributed by atoms with E-state index < -0.39 is 11.8 Å². The minimum atomic E-state index is -0.437. The van der Waals surface area contributed by atoms with Crippen molar-refractivity contribution in [3.05, 3.63) is 71.5 Å². The summed E-state index contributed by atoms with van der Waals surface area (Å²) in [6, 6.07) is 13.1. The van der Waals surface area contributed by atoms with Crippen LogP contribution >= 0.6 is 11.6 Å². The molecule has 2 aromatic heterocycles. The molecule has 7 nitrogen and oxygen atoms in total. The van der Waals surface area contributed by atoms with Gasteiger partial charge in [0.1, 0.15) is 0 Å². The monoisotopic (exact) mass is 473 g/mol. The van der Waals surface area contributed by atoms with E-state index in [4.69, 9.17) is 16.7 Å². The van der Waals surface area contributed by atoms with Gasteiger partial charge in [0.15, 0.2) is 0 Å². The van der Waals surface area contributed by atoms with Crippen molar-refractivity contribution in [2.75, 3.05) is 20.6 Å². The molecule has 2 amide bonds. The number of hydrogen-bond acceptors (Lipinski definition) is 4. The highest BCUT2D eigenvalue weighted by Crippen LogP contribution is 2.39. The second-order valence-corrected chi connectivity index (χ2v) is 9.01.